The number of benzene rings is 1. The highest BCUT2D eigenvalue weighted by atomic mass is 16.5. The molecule has 0 saturated carbocycles. The molecule has 1 heterocycles. The topological polar surface area (TPSA) is 61.9 Å². The molecule has 1 atom stereocenters. The van der Waals surface area contributed by atoms with Crippen molar-refractivity contribution in [3.8, 4) is 6.07 Å². The summed E-state index contributed by atoms with van der Waals surface area (Å²) in [7, 11) is 0. The Morgan fingerprint density at radius 1 is 1.39 bits per heavy atom. The van der Waals surface area contributed by atoms with Crippen molar-refractivity contribution in [1.29, 1.82) is 5.26 Å². The van der Waals surface area contributed by atoms with E-state index in [-0.39, 0.29) is 5.92 Å². The first-order valence-electron chi connectivity index (χ1n) is 5.87. The van der Waals surface area contributed by atoms with Gasteiger partial charge < -0.3 is 9.84 Å². The van der Waals surface area contributed by atoms with E-state index in [2.05, 4.69) is 16.5 Å². The van der Waals surface area contributed by atoms with E-state index in [0.29, 0.717) is 13.1 Å². The highest BCUT2D eigenvalue weighted by Gasteiger charge is 2.09. The fourth-order valence-electron chi connectivity index (χ4n) is 1.76. The quantitative estimate of drug-likeness (QED) is 0.873. The second-order valence-electron chi connectivity index (χ2n) is 4.16. The van der Waals surface area contributed by atoms with Crippen LogP contribution in [0, 0.1) is 18.3 Å². The van der Waals surface area contributed by atoms with Gasteiger partial charge in [-0.3, -0.25) is 0 Å². The lowest BCUT2D eigenvalue weighted by molar-refractivity contribution is 0.369. The van der Waals surface area contributed by atoms with Crippen molar-refractivity contribution in [2.75, 3.05) is 6.54 Å². The summed E-state index contributed by atoms with van der Waals surface area (Å²) in [5.74, 6) is 0.646. The van der Waals surface area contributed by atoms with Crippen molar-refractivity contribution in [2.45, 2.75) is 19.4 Å². The molecule has 1 N–H and O–H groups in total. The molecule has 0 spiro atoms. The van der Waals surface area contributed by atoms with Crippen LogP contribution in [0.1, 0.15) is 22.9 Å². The van der Waals surface area contributed by atoms with Crippen molar-refractivity contribution in [3.63, 3.8) is 0 Å². The molecule has 1 aromatic heterocycles. The lowest BCUT2D eigenvalue weighted by Gasteiger charge is -2.09. The van der Waals surface area contributed by atoms with Gasteiger partial charge in [0.2, 0.25) is 0 Å². The van der Waals surface area contributed by atoms with Crippen LogP contribution in [0.3, 0.4) is 0 Å². The average molecular weight is 241 g/mol. The van der Waals surface area contributed by atoms with Crippen LogP contribution >= 0.6 is 0 Å². The molecular weight excluding hydrogens is 226 g/mol. The molecule has 0 fully saturated rings. The number of rotatable bonds is 5. The third-order valence-electron chi connectivity index (χ3n) is 2.68. The van der Waals surface area contributed by atoms with Gasteiger partial charge in [-0.2, -0.15) is 5.26 Å². The normalized spacial score (nSPS) is 12.0. The van der Waals surface area contributed by atoms with Gasteiger partial charge in [0.25, 0.3) is 0 Å². The van der Waals surface area contributed by atoms with Crippen LogP contribution < -0.4 is 5.32 Å². The van der Waals surface area contributed by atoms with Gasteiger partial charge >= 0.3 is 0 Å². The Morgan fingerprint density at radius 3 is 2.78 bits per heavy atom. The number of hydrogen-bond acceptors (Lipinski definition) is 4. The maximum absolute atomic E-state index is 9.15. The van der Waals surface area contributed by atoms with Crippen LogP contribution in [0.15, 0.2) is 40.9 Å². The van der Waals surface area contributed by atoms with Gasteiger partial charge in [-0.15, -0.1) is 0 Å². The van der Waals surface area contributed by atoms with Gasteiger partial charge in [0.05, 0.1) is 24.2 Å². The van der Waals surface area contributed by atoms with Crippen LogP contribution in [0.2, 0.25) is 0 Å². The Hall–Kier alpha value is -2.12. The van der Waals surface area contributed by atoms with Crippen molar-refractivity contribution in [3.05, 3.63) is 53.4 Å². The number of nitrogens with one attached hydrogen (secondary N) is 1. The Labute approximate surface area is 106 Å². The zero-order chi connectivity index (χ0) is 12.8. The number of nitriles is 1. The van der Waals surface area contributed by atoms with E-state index in [0.717, 1.165) is 17.0 Å². The molecule has 0 aliphatic rings. The van der Waals surface area contributed by atoms with Crippen molar-refractivity contribution in [2.24, 2.45) is 0 Å². The lowest BCUT2D eigenvalue weighted by Crippen LogP contribution is -2.20. The van der Waals surface area contributed by atoms with E-state index >= 15 is 0 Å². The van der Waals surface area contributed by atoms with Crippen LogP contribution in [0.5, 0.6) is 0 Å². The highest BCUT2D eigenvalue weighted by molar-refractivity contribution is 5.25. The zero-order valence-corrected chi connectivity index (χ0v) is 10.3. The van der Waals surface area contributed by atoms with E-state index in [4.69, 9.17) is 9.78 Å². The molecule has 1 aromatic carbocycles. The Kier molecular flexibility index (Phi) is 4.11. The summed E-state index contributed by atoms with van der Waals surface area (Å²) in [6, 6.07) is 14.0. The summed E-state index contributed by atoms with van der Waals surface area (Å²) in [6.07, 6.45) is 0. The minimum Gasteiger partial charge on any atom is -0.360 e. The Balaban J connectivity index is 1.87. The molecule has 92 valence electrons. The Bertz CT molecular complexity index is 527. The summed E-state index contributed by atoms with van der Waals surface area (Å²) in [4.78, 5) is 0. The van der Waals surface area contributed by atoms with Gasteiger partial charge in [-0.25, -0.2) is 0 Å². The fraction of sp³-hybridized carbons (Fsp3) is 0.286. The van der Waals surface area contributed by atoms with Gasteiger partial charge in [0.15, 0.2) is 5.76 Å². The van der Waals surface area contributed by atoms with Gasteiger partial charge in [0.1, 0.15) is 0 Å². The molecule has 0 radical (unpaired) electrons. The summed E-state index contributed by atoms with van der Waals surface area (Å²) in [5, 5.41) is 16.2. The standard InChI is InChI=1S/C14H15N3O/c1-11-7-14(18-17-11)10-16-9-13(8-15)12-5-3-2-4-6-12/h2-7,13,16H,9-10H2,1H3. The van der Waals surface area contributed by atoms with E-state index in [1.165, 1.54) is 0 Å². The third kappa shape index (κ3) is 3.19. The number of aromatic nitrogens is 1. The summed E-state index contributed by atoms with van der Waals surface area (Å²) in [5.41, 5.74) is 1.90. The Morgan fingerprint density at radius 2 is 2.17 bits per heavy atom. The van der Waals surface area contributed by atoms with Crippen LogP contribution in [0.4, 0.5) is 0 Å². The monoisotopic (exact) mass is 241 g/mol. The lowest BCUT2D eigenvalue weighted by atomic mass is 10.0. The van der Waals surface area contributed by atoms with Crippen molar-refractivity contribution >= 4 is 0 Å². The van der Waals surface area contributed by atoms with E-state index in [1.807, 2.05) is 43.3 Å². The predicted molar refractivity (Wildman–Crippen MR) is 67.7 cm³/mol. The molecule has 2 aromatic rings. The molecule has 2 rings (SSSR count). The first kappa shape index (κ1) is 12.3. The van der Waals surface area contributed by atoms with Crippen LogP contribution in [-0.4, -0.2) is 11.7 Å². The maximum Gasteiger partial charge on any atom is 0.150 e. The van der Waals surface area contributed by atoms with Crippen molar-refractivity contribution < 1.29 is 4.52 Å². The second kappa shape index (κ2) is 5.99. The van der Waals surface area contributed by atoms with E-state index < -0.39 is 0 Å². The smallest absolute Gasteiger partial charge is 0.150 e. The molecule has 18 heavy (non-hydrogen) atoms. The minimum absolute atomic E-state index is 0.143. The second-order valence-corrected chi connectivity index (χ2v) is 4.16. The summed E-state index contributed by atoms with van der Waals surface area (Å²) in [6.45, 7) is 3.07. The van der Waals surface area contributed by atoms with Crippen molar-refractivity contribution in [1.82, 2.24) is 10.5 Å². The van der Waals surface area contributed by atoms with E-state index in [1.54, 1.807) is 0 Å². The molecule has 0 saturated heterocycles. The fourth-order valence-corrected chi connectivity index (χ4v) is 1.76. The maximum atomic E-state index is 9.15. The van der Waals surface area contributed by atoms with E-state index in [9.17, 15) is 0 Å². The molecule has 0 aliphatic heterocycles. The van der Waals surface area contributed by atoms with Gasteiger partial charge in [0, 0.05) is 12.6 Å². The summed E-state index contributed by atoms with van der Waals surface area (Å²) >= 11 is 0. The predicted octanol–water partition coefficient (Wildman–Crippen LogP) is 2.38. The zero-order valence-electron chi connectivity index (χ0n) is 10.3. The highest BCUT2D eigenvalue weighted by Crippen LogP contribution is 2.13. The SMILES string of the molecule is Cc1cc(CNCC(C#N)c2ccccc2)on1. The number of aryl methyl sites for hydroxylation is 1. The molecule has 4 heteroatoms. The number of nitrogens with zero attached hydrogens (tertiary/aromatic N) is 2. The minimum atomic E-state index is -0.143. The van der Waals surface area contributed by atoms with Crippen LogP contribution in [-0.2, 0) is 6.54 Å². The number of hydrogen-bond donors (Lipinski definition) is 1. The molecule has 1 unspecified atom stereocenters. The molecule has 0 bridgehead atoms. The first-order chi connectivity index (χ1) is 8.79. The largest absolute Gasteiger partial charge is 0.360 e. The summed E-state index contributed by atoms with van der Waals surface area (Å²) < 4.78 is 5.09. The van der Waals surface area contributed by atoms with Gasteiger partial charge in [-0.1, -0.05) is 35.5 Å². The average Bonchev–Trinajstić information content (AvgIpc) is 2.81. The van der Waals surface area contributed by atoms with Crippen LogP contribution in [0.25, 0.3) is 0 Å². The van der Waals surface area contributed by atoms with Gasteiger partial charge in [-0.05, 0) is 12.5 Å². The molecule has 0 aliphatic carbocycles. The third-order valence-corrected chi connectivity index (χ3v) is 2.68. The molecule has 4 nitrogen and oxygen atoms in total. The molecule has 0 amide bonds. The first-order valence-corrected chi connectivity index (χ1v) is 5.87. The molecular formula is C14H15N3O.